The standard InChI is InChI=1S/C8H5ClO3S/c9-8(10)7-3-1-6(2-4-7)5-13(11)12/h1-5H. The first-order valence-electron chi connectivity index (χ1n) is 3.32. The SMILES string of the molecule is O=C(Cl)c1ccc(C=S(=O)=O)cc1. The largest absolute Gasteiger partial charge is 0.276 e. The lowest BCUT2D eigenvalue weighted by Gasteiger charge is -1.92. The van der Waals surface area contributed by atoms with E-state index in [0.717, 1.165) is 5.37 Å². The van der Waals surface area contributed by atoms with Crippen molar-refractivity contribution in [3.63, 3.8) is 0 Å². The summed E-state index contributed by atoms with van der Waals surface area (Å²) < 4.78 is 20.5. The van der Waals surface area contributed by atoms with E-state index >= 15 is 0 Å². The Morgan fingerprint density at radius 2 is 1.77 bits per heavy atom. The molecule has 0 amide bonds. The van der Waals surface area contributed by atoms with Crippen molar-refractivity contribution >= 4 is 32.5 Å². The molecule has 1 aromatic carbocycles. The van der Waals surface area contributed by atoms with Gasteiger partial charge < -0.3 is 0 Å². The van der Waals surface area contributed by atoms with Crippen LogP contribution >= 0.6 is 11.6 Å². The quantitative estimate of drug-likeness (QED) is 0.550. The number of hydrogen-bond donors (Lipinski definition) is 0. The molecule has 0 unspecified atom stereocenters. The number of halogens is 1. The molecule has 0 spiro atoms. The molecular weight excluding hydrogens is 212 g/mol. The normalized spacial score (nSPS) is 9.31. The number of hydrogen-bond acceptors (Lipinski definition) is 3. The first-order valence-corrected chi connectivity index (χ1v) is 4.84. The minimum Gasteiger partial charge on any atom is -0.276 e. The van der Waals surface area contributed by atoms with Gasteiger partial charge in [-0.15, -0.1) is 0 Å². The van der Waals surface area contributed by atoms with Crippen molar-refractivity contribution in [3.8, 4) is 0 Å². The molecule has 0 heterocycles. The van der Waals surface area contributed by atoms with Crippen LogP contribution in [0.3, 0.4) is 0 Å². The van der Waals surface area contributed by atoms with Gasteiger partial charge in [-0.3, -0.25) is 4.79 Å². The average Bonchev–Trinajstić information content (AvgIpc) is 2.04. The fourth-order valence-corrected chi connectivity index (χ4v) is 1.31. The molecule has 0 fully saturated rings. The molecule has 0 saturated carbocycles. The highest BCUT2D eigenvalue weighted by atomic mass is 35.5. The van der Waals surface area contributed by atoms with Gasteiger partial charge in [0.1, 0.15) is 0 Å². The summed E-state index contributed by atoms with van der Waals surface area (Å²) in [6.45, 7) is 0. The Hall–Kier alpha value is -1.13. The van der Waals surface area contributed by atoms with Gasteiger partial charge in [0.15, 0.2) is 0 Å². The zero-order valence-electron chi connectivity index (χ0n) is 6.40. The highest BCUT2D eigenvalue weighted by molar-refractivity contribution is 7.71. The third-order valence-electron chi connectivity index (χ3n) is 1.37. The van der Waals surface area contributed by atoms with Crippen LogP contribution in [0, 0.1) is 0 Å². The zero-order chi connectivity index (χ0) is 9.84. The Balaban J connectivity index is 3.07. The van der Waals surface area contributed by atoms with E-state index in [1.807, 2.05) is 0 Å². The van der Waals surface area contributed by atoms with Crippen LogP contribution in [0.5, 0.6) is 0 Å². The second-order valence-corrected chi connectivity index (χ2v) is 3.37. The Kier molecular flexibility index (Phi) is 3.22. The molecule has 68 valence electrons. The van der Waals surface area contributed by atoms with Gasteiger partial charge in [0.25, 0.3) is 5.24 Å². The molecule has 13 heavy (non-hydrogen) atoms. The molecule has 0 aliphatic rings. The van der Waals surface area contributed by atoms with E-state index in [4.69, 9.17) is 11.6 Å². The van der Waals surface area contributed by atoms with E-state index < -0.39 is 15.5 Å². The average molecular weight is 217 g/mol. The Labute approximate surface area is 81.5 Å². The summed E-state index contributed by atoms with van der Waals surface area (Å²) in [5.41, 5.74) is 0.852. The summed E-state index contributed by atoms with van der Waals surface area (Å²) in [4.78, 5) is 10.6. The highest BCUT2D eigenvalue weighted by Gasteiger charge is 1.99. The molecular formula is C8H5ClO3S. The summed E-state index contributed by atoms with van der Waals surface area (Å²) >= 11 is 5.19. The lowest BCUT2D eigenvalue weighted by molar-refractivity contribution is 0.108. The fraction of sp³-hybridized carbons (Fsp3) is 0. The van der Waals surface area contributed by atoms with Crippen LogP contribution in [0.15, 0.2) is 24.3 Å². The zero-order valence-corrected chi connectivity index (χ0v) is 7.97. The Morgan fingerprint density at radius 3 is 2.15 bits per heavy atom. The molecule has 0 aliphatic heterocycles. The molecule has 3 nitrogen and oxygen atoms in total. The molecule has 5 heteroatoms. The van der Waals surface area contributed by atoms with Gasteiger partial charge in [0, 0.05) is 5.56 Å². The second-order valence-electron chi connectivity index (χ2n) is 2.27. The van der Waals surface area contributed by atoms with Gasteiger partial charge in [-0.05, 0) is 29.3 Å². The minimum atomic E-state index is -2.23. The number of benzene rings is 1. The van der Waals surface area contributed by atoms with Gasteiger partial charge in [-0.2, -0.15) is 8.42 Å². The minimum absolute atomic E-state index is 0.343. The maximum atomic E-state index is 10.6. The van der Waals surface area contributed by atoms with Gasteiger partial charge in [0.05, 0.1) is 5.37 Å². The molecule has 1 rings (SSSR count). The molecule has 1 aromatic rings. The van der Waals surface area contributed by atoms with Gasteiger partial charge in [-0.25, -0.2) is 0 Å². The van der Waals surface area contributed by atoms with Crippen molar-refractivity contribution < 1.29 is 13.2 Å². The number of carbonyl (C=O) groups excluding carboxylic acids is 1. The summed E-state index contributed by atoms with van der Waals surface area (Å²) in [5.74, 6) is 0. The van der Waals surface area contributed by atoms with E-state index in [9.17, 15) is 13.2 Å². The summed E-state index contributed by atoms with van der Waals surface area (Å²) in [6.07, 6.45) is 0. The van der Waals surface area contributed by atoms with Crippen molar-refractivity contribution in [2.75, 3.05) is 0 Å². The Bertz CT molecular complexity index is 437. The third kappa shape index (κ3) is 3.01. The van der Waals surface area contributed by atoms with E-state index in [0.29, 0.717) is 11.1 Å². The monoisotopic (exact) mass is 216 g/mol. The van der Waals surface area contributed by atoms with Crippen LogP contribution in [-0.2, 0) is 10.3 Å². The molecule has 0 bridgehead atoms. The topological polar surface area (TPSA) is 51.2 Å². The van der Waals surface area contributed by atoms with E-state index in [-0.39, 0.29) is 0 Å². The summed E-state index contributed by atoms with van der Waals surface area (Å²) in [5, 5.41) is 0.484. The number of carbonyl (C=O) groups is 1. The smallest absolute Gasteiger partial charge is 0.252 e. The van der Waals surface area contributed by atoms with E-state index in [2.05, 4.69) is 0 Å². The molecule has 0 saturated heterocycles. The van der Waals surface area contributed by atoms with Crippen LogP contribution in [0.25, 0.3) is 0 Å². The lowest BCUT2D eigenvalue weighted by Crippen LogP contribution is -1.89. The maximum absolute atomic E-state index is 10.6. The molecule has 0 N–H and O–H groups in total. The highest BCUT2D eigenvalue weighted by Crippen LogP contribution is 2.05. The van der Waals surface area contributed by atoms with E-state index in [1.165, 1.54) is 24.3 Å². The van der Waals surface area contributed by atoms with Crippen molar-refractivity contribution in [1.82, 2.24) is 0 Å². The van der Waals surface area contributed by atoms with Crippen molar-refractivity contribution in [3.05, 3.63) is 35.4 Å². The predicted octanol–water partition coefficient (Wildman–Crippen LogP) is 1.10. The van der Waals surface area contributed by atoms with Crippen LogP contribution in [0.1, 0.15) is 15.9 Å². The third-order valence-corrected chi connectivity index (χ3v) is 2.05. The van der Waals surface area contributed by atoms with E-state index in [1.54, 1.807) is 0 Å². The van der Waals surface area contributed by atoms with Crippen LogP contribution < -0.4 is 0 Å². The molecule has 0 radical (unpaired) electrons. The van der Waals surface area contributed by atoms with Crippen molar-refractivity contribution in [1.29, 1.82) is 0 Å². The molecule has 0 aliphatic carbocycles. The van der Waals surface area contributed by atoms with Crippen LogP contribution in [0.4, 0.5) is 0 Å². The van der Waals surface area contributed by atoms with Gasteiger partial charge in [-0.1, -0.05) is 12.1 Å². The molecule has 0 atom stereocenters. The van der Waals surface area contributed by atoms with Crippen molar-refractivity contribution in [2.24, 2.45) is 0 Å². The second kappa shape index (κ2) is 4.20. The molecule has 0 aromatic heterocycles. The number of rotatable bonds is 2. The van der Waals surface area contributed by atoms with Crippen molar-refractivity contribution in [2.45, 2.75) is 0 Å². The predicted molar refractivity (Wildman–Crippen MR) is 50.7 cm³/mol. The first-order chi connectivity index (χ1) is 6.09. The van der Waals surface area contributed by atoms with Gasteiger partial charge in [0.2, 0.25) is 10.3 Å². The van der Waals surface area contributed by atoms with Crippen LogP contribution in [0.2, 0.25) is 0 Å². The summed E-state index contributed by atoms with van der Waals surface area (Å²) in [7, 11) is -2.23. The fourth-order valence-electron chi connectivity index (χ4n) is 0.804. The maximum Gasteiger partial charge on any atom is 0.252 e. The van der Waals surface area contributed by atoms with Gasteiger partial charge >= 0.3 is 0 Å². The Morgan fingerprint density at radius 1 is 1.23 bits per heavy atom. The summed E-state index contributed by atoms with van der Waals surface area (Å²) in [6, 6.07) is 5.94. The lowest BCUT2D eigenvalue weighted by atomic mass is 10.2. The first kappa shape index (κ1) is 9.95. The van der Waals surface area contributed by atoms with Crippen LogP contribution in [-0.4, -0.2) is 19.0 Å².